The first-order chi connectivity index (χ1) is 17.5. The van der Waals surface area contributed by atoms with Crippen LogP contribution in [0.5, 0.6) is 11.5 Å². The van der Waals surface area contributed by atoms with Crippen molar-refractivity contribution < 1.29 is 19.1 Å². The van der Waals surface area contributed by atoms with Gasteiger partial charge in [-0.05, 0) is 73.9 Å². The van der Waals surface area contributed by atoms with Crippen molar-refractivity contribution in [1.29, 1.82) is 0 Å². The van der Waals surface area contributed by atoms with Crippen LogP contribution in [0.25, 0.3) is 5.65 Å². The van der Waals surface area contributed by atoms with E-state index in [1.165, 1.54) is 0 Å². The Balaban J connectivity index is 1.18. The summed E-state index contributed by atoms with van der Waals surface area (Å²) in [4.78, 5) is 32.4. The van der Waals surface area contributed by atoms with E-state index in [9.17, 15) is 9.59 Å². The molecule has 7 heteroatoms. The van der Waals surface area contributed by atoms with Crippen LogP contribution in [0.2, 0.25) is 0 Å². The Morgan fingerprint density at radius 2 is 1.72 bits per heavy atom. The number of aromatic nitrogens is 2. The van der Waals surface area contributed by atoms with E-state index in [0.717, 1.165) is 22.7 Å². The Kier molecular flexibility index (Phi) is 6.71. The molecular formula is C29H29N3O4. The minimum atomic E-state index is -0.0775. The first-order valence-electron chi connectivity index (χ1n) is 12.1. The number of Topliss-reactive ketones (excluding diaryl/α,β-unsaturated/α-hetero) is 1. The molecule has 2 aromatic heterocycles. The SMILES string of the molecule is COc1ccc(C(=O)C2CCN(C(=O)c3cccc(OCc4cn5cc(C)ccc5n4)c3)CC2)cc1. The molecule has 3 heterocycles. The van der Waals surface area contributed by atoms with E-state index in [1.54, 1.807) is 43.5 Å². The average molecular weight is 484 g/mol. The predicted molar refractivity (Wildman–Crippen MR) is 137 cm³/mol. The highest BCUT2D eigenvalue weighted by Crippen LogP contribution is 2.25. The summed E-state index contributed by atoms with van der Waals surface area (Å²) in [5, 5.41) is 0. The Morgan fingerprint density at radius 1 is 0.944 bits per heavy atom. The molecule has 7 nitrogen and oxygen atoms in total. The van der Waals surface area contributed by atoms with Gasteiger partial charge < -0.3 is 18.8 Å². The number of carbonyl (C=O) groups is 2. The van der Waals surface area contributed by atoms with Crippen molar-refractivity contribution in [2.75, 3.05) is 20.2 Å². The van der Waals surface area contributed by atoms with E-state index in [4.69, 9.17) is 9.47 Å². The summed E-state index contributed by atoms with van der Waals surface area (Å²) in [7, 11) is 1.60. The van der Waals surface area contributed by atoms with Crippen LogP contribution in [0, 0.1) is 12.8 Å². The van der Waals surface area contributed by atoms with Crippen LogP contribution in [0.3, 0.4) is 0 Å². The molecule has 36 heavy (non-hydrogen) atoms. The van der Waals surface area contributed by atoms with E-state index in [-0.39, 0.29) is 17.6 Å². The Labute approximate surface area is 210 Å². The first-order valence-corrected chi connectivity index (χ1v) is 12.1. The number of ether oxygens (including phenoxy) is 2. The van der Waals surface area contributed by atoms with Gasteiger partial charge in [0.15, 0.2) is 5.78 Å². The van der Waals surface area contributed by atoms with Crippen molar-refractivity contribution in [2.24, 2.45) is 5.92 Å². The predicted octanol–water partition coefficient (Wildman–Crippen LogP) is 4.97. The molecular weight excluding hydrogens is 454 g/mol. The highest BCUT2D eigenvalue weighted by Gasteiger charge is 2.28. The molecule has 0 spiro atoms. The van der Waals surface area contributed by atoms with Gasteiger partial charge in [-0.1, -0.05) is 12.1 Å². The lowest BCUT2D eigenvalue weighted by atomic mass is 9.88. The van der Waals surface area contributed by atoms with Gasteiger partial charge in [-0.2, -0.15) is 0 Å². The summed E-state index contributed by atoms with van der Waals surface area (Å²) >= 11 is 0. The summed E-state index contributed by atoms with van der Waals surface area (Å²) in [5.41, 5.74) is 4.12. The lowest BCUT2D eigenvalue weighted by Crippen LogP contribution is -2.40. The molecule has 0 radical (unpaired) electrons. The number of carbonyl (C=O) groups excluding carboxylic acids is 2. The van der Waals surface area contributed by atoms with E-state index in [2.05, 4.69) is 4.98 Å². The van der Waals surface area contributed by atoms with Gasteiger partial charge in [0, 0.05) is 42.5 Å². The van der Waals surface area contributed by atoms with Gasteiger partial charge >= 0.3 is 0 Å². The highest BCUT2D eigenvalue weighted by atomic mass is 16.5. The summed E-state index contributed by atoms with van der Waals surface area (Å²) in [5.74, 6) is 1.36. The average Bonchev–Trinajstić information content (AvgIpc) is 3.33. The number of imidazole rings is 1. The molecule has 0 atom stereocenters. The Hall–Kier alpha value is -4.13. The fourth-order valence-electron chi connectivity index (χ4n) is 4.62. The molecule has 5 rings (SSSR count). The van der Waals surface area contributed by atoms with E-state index in [1.807, 2.05) is 52.9 Å². The minimum absolute atomic E-state index is 0.0426. The van der Waals surface area contributed by atoms with Crippen molar-refractivity contribution >= 4 is 17.3 Å². The number of benzene rings is 2. The third kappa shape index (κ3) is 5.10. The molecule has 0 unspecified atom stereocenters. The Bertz CT molecular complexity index is 1390. The van der Waals surface area contributed by atoms with Crippen LogP contribution in [-0.4, -0.2) is 46.2 Å². The lowest BCUT2D eigenvalue weighted by Gasteiger charge is -2.31. The normalized spacial score (nSPS) is 14.1. The largest absolute Gasteiger partial charge is 0.497 e. The summed E-state index contributed by atoms with van der Waals surface area (Å²) in [6.45, 7) is 3.46. The Morgan fingerprint density at radius 3 is 2.47 bits per heavy atom. The van der Waals surface area contributed by atoms with Crippen molar-refractivity contribution in [3.8, 4) is 11.5 Å². The second kappa shape index (κ2) is 10.2. The zero-order chi connectivity index (χ0) is 25.1. The number of aryl methyl sites for hydroxylation is 1. The molecule has 184 valence electrons. The molecule has 0 bridgehead atoms. The highest BCUT2D eigenvalue weighted by molar-refractivity contribution is 5.98. The lowest BCUT2D eigenvalue weighted by molar-refractivity contribution is 0.0650. The van der Waals surface area contributed by atoms with Crippen molar-refractivity contribution in [3.05, 3.63) is 95.4 Å². The second-order valence-corrected chi connectivity index (χ2v) is 9.18. The zero-order valence-corrected chi connectivity index (χ0v) is 20.5. The summed E-state index contributed by atoms with van der Waals surface area (Å²) in [6.07, 6.45) is 5.29. The van der Waals surface area contributed by atoms with Crippen molar-refractivity contribution in [3.63, 3.8) is 0 Å². The van der Waals surface area contributed by atoms with E-state index in [0.29, 0.717) is 49.4 Å². The maximum atomic E-state index is 13.1. The summed E-state index contributed by atoms with van der Waals surface area (Å²) in [6, 6.07) is 18.5. The standard InChI is InChI=1S/C29H29N3O4/c1-20-6-11-27-30-24(18-32(27)17-20)19-36-26-5-3-4-23(16-26)29(34)31-14-12-22(13-15-31)28(33)21-7-9-25(35-2)10-8-21/h3-11,16-18,22H,12-15,19H2,1-2H3. The number of piperidine rings is 1. The topological polar surface area (TPSA) is 73.1 Å². The van der Waals surface area contributed by atoms with E-state index >= 15 is 0 Å². The number of rotatable bonds is 7. The molecule has 1 fully saturated rings. The van der Waals surface area contributed by atoms with Crippen LogP contribution < -0.4 is 9.47 Å². The van der Waals surface area contributed by atoms with Crippen LogP contribution in [0.1, 0.15) is 44.8 Å². The third-order valence-corrected chi connectivity index (χ3v) is 6.64. The molecule has 2 aromatic carbocycles. The number of fused-ring (bicyclic) bond motifs is 1. The van der Waals surface area contributed by atoms with Crippen LogP contribution >= 0.6 is 0 Å². The molecule has 1 amide bonds. The molecule has 4 aromatic rings. The van der Waals surface area contributed by atoms with E-state index < -0.39 is 0 Å². The maximum Gasteiger partial charge on any atom is 0.253 e. The van der Waals surface area contributed by atoms with Gasteiger partial charge in [-0.3, -0.25) is 9.59 Å². The van der Waals surface area contributed by atoms with Crippen LogP contribution in [0.4, 0.5) is 0 Å². The fraction of sp³-hybridized carbons (Fsp3) is 0.276. The number of nitrogens with zero attached hydrogens (tertiary/aromatic N) is 3. The van der Waals surface area contributed by atoms with Gasteiger partial charge in [0.2, 0.25) is 0 Å². The number of ketones is 1. The monoisotopic (exact) mass is 483 g/mol. The molecule has 0 aliphatic carbocycles. The third-order valence-electron chi connectivity index (χ3n) is 6.64. The molecule has 0 saturated carbocycles. The van der Waals surface area contributed by atoms with Gasteiger partial charge in [0.25, 0.3) is 5.91 Å². The van der Waals surface area contributed by atoms with Crippen LogP contribution in [0.15, 0.2) is 73.1 Å². The number of hydrogen-bond donors (Lipinski definition) is 0. The zero-order valence-electron chi connectivity index (χ0n) is 20.5. The van der Waals surface area contributed by atoms with Gasteiger partial charge in [-0.25, -0.2) is 4.98 Å². The quantitative estimate of drug-likeness (QED) is 0.347. The molecule has 1 aliphatic heterocycles. The van der Waals surface area contributed by atoms with Crippen molar-refractivity contribution in [2.45, 2.75) is 26.4 Å². The molecule has 1 saturated heterocycles. The van der Waals surface area contributed by atoms with Gasteiger partial charge in [-0.15, -0.1) is 0 Å². The molecule has 1 aliphatic rings. The minimum Gasteiger partial charge on any atom is -0.497 e. The molecule has 0 N–H and O–H groups in total. The van der Waals surface area contributed by atoms with Gasteiger partial charge in [0.05, 0.1) is 12.8 Å². The maximum absolute atomic E-state index is 13.1. The number of hydrogen-bond acceptors (Lipinski definition) is 5. The second-order valence-electron chi connectivity index (χ2n) is 9.18. The van der Waals surface area contributed by atoms with Gasteiger partial charge in [0.1, 0.15) is 23.8 Å². The fourth-order valence-corrected chi connectivity index (χ4v) is 4.62. The number of methoxy groups -OCH3 is 1. The number of amides is 1. The van der Waals surface area contributed by atoms with Crippen LogP contribution in [-0.2, 0) is 6.61 Å². The first kappa shape index (κ1) is 23.6. The number of pyridine rings is 1. The smallest absolute Gasteiger partial charge is 0.253 e. The number of likely N-dealkylation sites (tertiary alicyclic amines) is 1. The van der Waals surface area contributed by atoms with Crippen molar-refractivity contribution in [1.82, 2.24) is 14.3 Å². The summed E-state index contributed by atoms with van der Waals surface area (Å²) < 4.78 is 13.1.